The van der Waals surface area contributed by atoms with Crippen molar-refractivity contribution in [1.82, 2.24) is 9.97 Å². The minimum atomic E-state index is 0.623. The highest BCUT2D eigenvalue weighted by Crippen LogP contribution is 2.28. The van der Waals surface area contributed by atoms with Crippen LogP contribution < -0.4 is 16.0 Å². The van der Waals surface area contributed by atoms with Gasteiger partial charge in [-0.1, -0.05) is 23.7 Å². The lowest BCUT2D eigenvalue weighted by atomic mass is 10.1. The number of aromatic nitrogens is 2. The number of hydrogen-bond donors (Lipinski definition) is 2. The average molecular weight is 318 g/mol. The van der Waals surface area contributed by atoms with E-state index in [0.29, 0.717) is 18.1 Å². The van der Waals surface area contributed by atoms with Crippen molar-refractivity contribution >= 4 is 28.9 Å². The monoisotopic (exact) mass is 317 g/mol. The van der Waals surface area contributed by atoms with Gasteiger partial charge in [0.15, 0.2) is 11.6 Å². The molecule has 1 fully saturated rings. The number of nitrogens with zero attached hydrogens (tertiary/aromatic N) is 3. The molecule has 1 aliphatic heterocycles. The van der Waals surface area contributed by atoms with Crippen molar-refractivity contribution in [2.45, 2.75) is 25.8 Å². The first kappa shape index (κ1) is 14.9. The van der Waals surface area contributed by atoms with E-state index in [-0.39, 0.29) is 0 Å². The SMILES string of the molecule is Nc1c(NCc2ccc(Cl)cc2)ncnc1N1CCCCC1. The molecule has 0 atom stereocenters. The molecule has 1 aromatic carbocycles. The summed E-state index contributed by atoms with van der Waals surface area (Å²) in [5.74, 6) is 1.53. The van der Waals surface area contributed by atoms with Crippen LogP contribution >= 0.6 is 11.6 Å². The van der Waals surface area contributed by atoms with Gasteiger partial charge in [-0.05, 0) is 37.0 Å². The van der Waals surface area contributed by atoms with Crippen molar-refractivity contribution in [2.75, 3.05) is 29.0 Å². The highest BCUT2D eigenvalue weighted by atomic mass is 35.5. The summed E-state index contributed by atoms with van der Waals surface area (Å²) >= 11 is 5.89. The van der Waals surface area contributed by atoms with Crippen LogP contribution in [-0.2, 0) is 6.54 Å². The molecular weight excluding hydrogens is 298 g/mol. The topological polar surface area (TPSA) is 67.1 Å². The summed E-state index contributed by atoms with van der Waals surface area (Å²) in [4.78, 5) is 10.9. The zero-order valence-electron chi connectivity index (χ0n) is 12.4. The highest BCUT2D eigenvalue weighted by molar-refractivity contribution is 6.30. The van der Waals surface area contributed by atoms with Gasteiger partial charge in [0.25, 0.3) is 0 Å². The summed E-state index contributed by atoms with van der Waals surface area (Å²) in [7, 11) is 0. The molecular formula is C16H20ClN5. The standard InChI is InChI=1S/C16H20ClN5/c17-13-6-4-12(5-7-13)10-19-15-14(18)16(21-11-20-15)22-8-2-1-3-9-22/h4-7,11H,1-3,8-10,18H2,(H,19,20,21). The summed E-state index contributed by atoms with van der Waals surface area (Å²) in [5.41, 5.74) is 8.00. The zero-order chi connectivity index (χ0) is 15.4. The second-order valence-corrected chi connectivity index (χ2v) is 5.92. The largest absolute Gasteiger partial charge is 0.393 e. The van der Waals surface area contributed by atoms with E-state index in [2.05, 4.69) is 20.2 Å². The van der Waals surface area contributed by atoms with Crippen molar-refractivity contribution in [3.63, 3.8) is 0 Å². The summed E-state index contributed by atoms with van der Waals surface area (Å²) in [5, 5.41) is 4.02. The number of benzene rings is 1. The Bertz CT molecular complexity index is 623. The molecule has 2 heterocycles. The van der Waals surface area contributed by atoms with Crippen molar-refractivity contribution in [1.29, 1.82) is 0 Å². The van der Waals surface area contributed by atoms with E-state index >= 15 is 0 Å². The molecule has 0 bridgehead atoms. The lowest BCUT2D eigenvalue weighted by molar-refractivity contribution is 0.573. The molecule has 1 saturated heterocycles. The van der Waals surface area contributed by atoms with Crippen molar-refractivity contribution < 1.29 is 0 Å². The average Bonchev–Trinajstić information content (AvgIpc) is 2.56. The summed E-state index contributed by atoms with van der Waals surface area (Å²) in [6.45, 7) is 2.67. The van der Waals surface area contributed by atoms with Crippen molar-refractivity contribution in [2.24, 2.45) is 0 Å². The number of anilines is 3. The number of rotatable bonds is 4. The quantitative estimate of drug-likeness (QED) is 0.905. The number of halogens is 1. The molecule has 22 heavy (non-hydrogen) atoms. The van der Waals surface area contributed by atoms with Gasteiger partial charge in [-0.3, -0.25) is 0 Å². The van der Waals surface area contributed by atoms with Crippen LogP contribution in [0.25, 0.3) is 0 Å². The number of nitrogens with one attached hydrogen (secondary N) is 1. The first-order valence-corrected chi connectivity index (χ1v) is 7.95. The Hall–Kier alpha value is -2.01. The van der Waals surface area contributed by atoms with Gasteiger partial charge in [-0.25, -0.2) is 9.97 Å². The van der Waals surface area contributed by atoms with E-state index in [1.807, 2.05) is 24.3 Å². The highest BCUT2D eigenvalue weighted by Gasteiger charge is 2.17. The second-order valence-electron chi connectivity index (χ2n) is 5.49. The van der Waals surface area contributed by atoms with Gasteiger partial charge in [0.1, 0.15) is 12.0 Å². The van der Waals surface area contributed by atoms with E-state index in [0.717, 1.165) is 29.5 Å². The lowest BCUT2D eigenvalue weighted by Gasteiger charge is -2.28. The van der Waals surface area contributed by atoms with Crippen LogP contribution in [0.2, 0.25) is 5.02 Å². The number of hydrogen-bond acceptors (Lipinski definition) is 5. The molecule has 116 valence electrons. The predicted molar refractivity (Wildman–Crippen MR) is 91.3 cm³/mol. The van der Waals surface area contributed by atoms with Gasteiger partial charge in [-0.15, -0.1) is 0 Å². The molecule has 2 aromatic rings. The van der Waals surface area contributed by atoms with Crippen LogP contribution in [0.3, 0.4) is 0 Å². The van der Waals surface area contributed by atoms with Crippen LogP contribution in [0.1, 0.15) is 24.8 Å². The van der Waals surface area contributed by atoms with Crippen molar-refractivity contribution in [3.05, 3.63) is 41.2 Å². The van der Waals surface area contributed by atoms with Gasteiger partial charge in [-0.2, -0.15) is 0 Å². The fourth-order valence-electron chi connectivity index (χ4n) is 2.67. The molecule has 0 spiro atoms. The maximum Gasteiger partial charge on any atom is 0.157 e. The fourth-order valence-corrected chi connectivity index (χ4v) is 2.80. The Morgan fingerprint density at radius 1 is 1.09 bits per heavy atom. The molecule has 0 unspecified atom stereocenters. The maximum atomic E-state index is 6.25. The molecule has 0 radical (unpaired) electrons. The van der Waals surface area contributed by atoms with Crippen LogP contribution in [0.4, 0.5) is 17.3 Å². The van der Waals surface area contributed by atoms with Crippen LogP contribution in [0.15, 0.2) is 30.6 Å². The van der Waals surface area contributed by atoms with E-state index in [9.17, 15) is 0 Å². The van der Waals surface area contributed by atoms with E-state index in [4.69, 9.17) is 17.3 Å². The van der Waals surface area contributed by atoms with Crippen LogP contribution in [0.5, 0.6) is 0 Å². The van der Waals surface area contributed by atoms with Gasteiger partial charge in [0.05, 0.1) is 0 Å². The Morgan fingerprint density at radius 3 is 2.55 bits per heavy atom. The summed E-state index contributed by atoms with van der Waals surface area (Å²) in [6.07, 6.45) is 5.24. The third-order valence-corrected chi connectivity index (χ3v) is 4.14. The maximum absolute atomic E-state index is 6.25. The molecule has 0 saturated carbocycles. The summed E-state index contributed by atoms with van der Waals surface area (Å²) < 4.78 is 0. The third kappa shape index (κ3) is 3.42. The number of piperidine rings is 1. The van der Waals surface area contributed by atoms with Gasteiger partial charge in [0, 0.05) is 24.7 Å². The predicted octanol–water partition coefficient (Wildman–Crippen LogP) is 3.31. The molecule has 1 aromatic heterocycles. The molecule has 0 amide bonds. The Labute approximate surface area is 135 Å². The normalized spacial score (nSPS) is 14.9. The molecule has 6 heteroatoms. The van der Waals surface area contributed by atoms with Gasteiger partial charge in [0.2, 0.25) is 0 Å². The number of nitrogens with two attached hydrogens (primary N) is 1. The van der Waals surface area contributed by atoms with E-state index in [1.54, 1.807) is 6.33 Å². The molecule has 5 nitrogen and oxygen atoms in total. The molecule has 3 rings (SSSR count). The number of nitrogen functional groups attached to an aromatic ring is 1. The van der Waals surface area contributed by atoms with Crippen LogP contribution in [0, 0.1) is 0 Å². The van der Waals surface area contributed by atoms with Gasteiger partial charge >= 0.3 is 0 Å². The lowest BCUT2D eigenvalue weighted by Crippen LogP contribution is -2.31. The van der Waals surface area contributed by atoms with Crippen LogP contribution in [-0.4, -0.2) is 23.1 Å². The minimum absolute atomic E-state index is 0.623. The first-order valence-electron chi connectivity index (χ1n) is 7.58. The molecule has 0 aliphatic carbocycles. The third-order valence-electron chi connectivity index (χ3n) is 3.89. The first-order chi connectivity index (χ1) is 10.7. The zero-order valence-corrected chi connectivity index (χ0v) is 13.2. The Kier molecular flexibility index (Phi) is 4.63. The smallest absolute Gasteiger partial charge is 0.157 e. The minimum Gasteiger partial charge on any atom is -0.393 e. The van der Waals surface area contributed by atoms with Gasteiger partial charge < -0.3 is 16.0 Å². The fraction of sp³-hybridized carbons (Fsp3) is 0.375. The summed E-state index contributed by atoms with van der Waals surface area (Å²) in [6, 6.07) is 7.72. The Balaban J connectivity index is 1.72. The molecule has 1 aliphatic rings. The second kappa shape index (κ2) is 6.83. The van der Waals surface area contributed by atoms with E-state index < -0.39 is 0 Å². The molecule has 3 N–H and O–H groups in total. The Morgan fingerprint density at radius 2 is 1.82 bits per heavy atom. The van der Waals surface area contributed by atoms with Crippen molar-refractivity contribution in [3.8, 4) is 0 Å². The van der Waals surface area contributed by atoms with E-state index in [1.165, 1.54) is 19.3 Å².